The third-order valence-corrected chi connectivity index (χ3v) is 7.19. The molecule has 0 aliphatic carbocycles. The summed E-state index contributed by atoms with van der Waals surface area (Å²) in [7, 11) is -3.68. The number of carbonyl (C=O) groups is 2. The molecule has 11 heteroatoms. The van der Waals surface area contributed by atoms with Gasteiger partial charge in [-0.2, -0.15) is 8.78 Å². The monoisotopic (exact) mass is 484 g/mol. The highest BCUT2D eigenvalue weighted by molar-refractivity contribution is 7.91. The molecule has 0 bridgehead atoms. The standard InChI is InChI=1S/C22H23F3N2O5S/c1-22(12-11-15-3-7-17(8-4-15)32-20(24)25)19(28)27(21(29)26-22)13-2-14-33(30,31)18-9-5-16(23)6-10-18/h3-10,20H,2,11-14H2,1H3,(H,26,29). The Balaban J connectivity index is 1.55. The van der Waals surface area contributed by atoms with Crippen LogP contribution in [0.2, 0.25) is 0 Å². The van der Waals surface area contributed by atoms with Crippen molar-refractivity contribution in [2.45, 2.75) is 43.2 Å². The quantitative estimate of drug-likeness (QED) is 0.411. The smallest absolute Gasteiger partial charge is 0.387 e. The minimum atomic E-state index is -3.68. The van der Waals surface area contributed by atoms with Crippen molar-refractivity contribution in [3.8, 4) is 5.75 Å². The summed E-state index contributed by atoms with van der Waals surface area (Å²) < 4.78 is 66.5. The fraction of sp³-hybridized carbons (Fsp3) is 0.364. The summed E-state index contributed by atoms with van der Waals surface area (Å²) in [5.74, 6) is -1.30. The maximum atomic E-state index is 13.0. The average Bonchev–Trinajstić information content (AvgIpc) is 2.96. The zero-order chi connectivity index (χ0) is 24.2. The molecule has 1 unspecified atom stereocenters. The molecule has 0 aromatic heterocycles. The third kappa shape index (κ3) is 6.04. The Morgan fingerprint density at radius 2 is 1.70 bits per heavy atom. The number of sulfone groups is 1. The number of amides is 3. The summed E-state index contributed by atoms with van der Waals surface area (Å²) in [6.45, 7) is -1.42. The summed E-state index contributed by atoms with van der Waals surface area (Å²) in [5, 5.41) is 2.65. The number of imide groups is 1. The molecule has 1 aliphatic rings. The molecule has 3 rings (SSSR count). The highest BCUT2D eigenvalue weighted by Crippen LogP contribution is 2.25. The molecule has 2 aromatic carbocycles. The summed E-state index contributed by atoms with van der Waals surface area (Å²) in [6.07, 6.45) is 0.682. The number of urea groups is 1. The van der Waals surface area contributed by atoms with Gasteiger partial charge in [0, 0.05) is 6.54 Å². The number of carbonyl (C=O) groups excluding carboxylic acids is 2. The minimum Gasteiger partial charge on any atom is -0.435 e. The van der Waals surface area contributed by atoms with Gasteiger partial charge in [-0.05, 0) is 68.1 Å². The van der Waals surface area contributed by atoms with E-state index < -0.39 is 39.7 Å². The molecule has 2 aromatic rings. The van der Waals surface area contributed by atoms with Gasteiger partial charge in [0.25, 0.3) is 5.91 Å². The van der Waals surface area contributed by atoms with Crippen molar-refractivity contribution in [3.63, 3.8) is 0 Å². The second kappa shape index (κ2) is 9.82. The zero-order valence-electron chi connectivity index (χ0n) is 17.8. The number of hydrogen-bond donors (Lipinski definition) is 1. The lowest BCUT2D eigenvalue weighted by atomic mass is 9.93. The van der Waals surface area contributed by atoms with E-state index in [1.807, 2.05) is 0 Å². The van der Waals surface area contributed by atoms with Gasteiger partial charge in [-0.1, -0.05) is 12.1 Å². The lowest BCUT2D eigenvalue weighted by Gasteiger charge is -2.21. The number of nitrogens with one attached hydrogen (secondary N) is 1. The van der Waals surface area contributed by atoms with Gasteiger partial charge >= 0.3 is 12.6 Å². The normalized spacial score (nSPS) is 18.6. The van der Waals surface area contributed by atoms with Crippen molar-refractivity contribution in [3.05, 3.63) is 59.9 Å². The topological polar surface area (TPSA) is 92.8 Å². The molecule has 1 fully saturated rings. The summed E-state index contributed by atoms with van der Waals surface area (Å²) in [6, 6.07) is 9.82. The second-order valence-corrected chi connectivity index (χ2v) is 9.98. The van der Waals surface area contributed by atoms with E-state index in [0.29, 0.717) is 6.42 Å². The van der Waals surface area contributed by atoms with E-state index in [1.165, 1.54) is 24.3 Å². The van der Waals surface area contributed by atoms with Crippen LogP contribution in [0.5, 0.6) is 5.75 Å². The van der Waals surface area contributed by atoms with Crippen molar-refractivity contribution < 1.29 is 35.9 Å². The van der Waals surface area contributed by atoms with Crippen LogP contribution < -0.4 is 10.1 Å². The van der Waals surface area contributed by atoms with Crippen molar-refractivity contribution >= 4 is 21.8 Å². The Kier molecular flexibility index (Phi) is 7.31. The highest BCUT2D eigenvalue weighted by atomic mass is 32.2. The van der Waals surface area contributed by atoms with Gasteiger partial charge in [-0.25, -0.2) is 17.6 Å². The molecule has 1 heterocycles. The Morgan fingerprint density at radius 1 is 1.06 bits per heavy atom. The third-order valence-electron chi connectivity index (χ3n) is 5.37. The fourth-order valence-corrected chi connectivity index (χ4v) is 4.82. The number of alkyl halides is 2. The fourth-order valence-electron chi connectivity index (χ4n) is 3.52. The Morgan fingerprint density at radius 3 is 2.30 bits per heavy atom. The van der Waals surface area contributed by atoms with Gasteiger partial charge in [0.2, 0.25) is 0 Å². The first-order chi connectivity index (χ1) is 15.5. The van der Waals surface area contributed by atoms with E-state index in [1.54, 1.807) is 19.1 Å². The number of rotatable bonds is 10. The minimum absolute atomic E-state index is 0.0203. The lowest BCUT2D eigenvalue weighted by Crippen LogP contribution is -2.44. The number of ether oxygens (including phenoxy) is 1. The number of hydrogen-bond acceptors (Lipinski definition) is 5. The van der Waals surface area contributed by atoms with Crippen LogP contribution in [0.4, 0.5) is 18.0 Å². The van der Waals surface area contributed by atoms with Gasteiger partial charge in [-0.15, -0.1) is 0 Å². The van der Waals surface area contributed by atoms with E-state index in [0.717, 1.165) is 22.6 Å². The van der Waals surface area contributed by atoms with Crippen molar-refractivity contribution in [1.82, 2.24) is 10.2 Å². The molecule has 0 saturated carbocycles. The van der Waals surface area contributed by atoms with E-state index in [2.05, 4.69) is 10.1 Å². The van der Waals surface area contributed by atoms with Crippen LogP contribution in [-0.2, 0) is 21.1 Å². The molecule has 1 aliphatic heterocycles. The van der Waals surface area contributed by atoms with Gasteiger partial charge in [-0.3, -0.25) is 9.69 Å². The lowest BCUT2D eigenvalue weighted by molar-refractivity contribution is -0.131. The molecule has 7 nitrogen and oxygen atoms in total. The van der Waals surface area contributed by atoms with Crippen LogP contribution >= 0.6 is 0 Å². The SMILES string of the molecule is CC1(CCc2ccc(OC(F)F)cc2)NC(=O)N(CCCS(=O)(=O)c2ccc(F)cc2)C1=O. The first kappa shape index (κ1) is 24.6. The van der Waals surface area contributed by atoms with Crippen molar-refractivity contribution in [2.24, 2.45) is 0 Å². The van der Waals surface area contributed by atoms with Crippen LogP contribution in [0.1, 0.15) is 25.3 Å². The second-order valence-electron chi connectivity index (χ2n) is 7.87. The molecule has 1 N–H and O–H groups in total. The van der Waals surface area contributed by atoms with Crippen LogP contribution in [0.25, 0.3) is 0 Å². The molecule has 33 heavy (non-hydrogen) atoms. The predicted molar refractivity (Wildman–Crippen MR) is 113 cm³/mol. The Labute approximate surface area is 189 Å². The largest absolute Gasteiger partial charge is 0.435 e. The molecule has 0 spiro atoms. The van der Waals surface area contributed by atoms with Gasteiger partial charge < -0.3 is 10.1 Å². The van der Waals surface area contributed by atoms with E-state index in [-0.39, 0.29) is 35.8 Å². The molecule has 1 saturated heterocycles. The molecule has 3 amide bonds. The van der Waals surface area contributed by atoms with Crippen LogP contribution in [-0.4, -0.2) is 49.7 Å². The molecular weight excluding hydrogens is 461 g/mol. The number of halogens is 3. The Bertz CT molecular complexity index is 1110. The maximum absolute atomic E-state index is 13.0. The van der Waals surface area contributed by atoms with Gasteiger partial charge in [0.15, 0.2) is 9.84 Å². The molecular formula is C22H23F3N2O5S. The molecule has 178 valence electrons. The Hall–Kier alpha value is -3.08. The zero-order valence-corrected chi connectivity index (χ0v) is 18.6. The van der Waals surface area contributed by atoms with E-state index in [9.17, 15) is 31.2 Å². The number of benzene rings is 2. The van der Waals surface area contributed by atoms with Crippen LogP contribution in [0, 0.1) is 5.82 Å². The average molecular weight is 484 g/mol. The van der Waals surface area contributed by atoms with E-state index in [4.69, 9.17) is 0 Å². The van der Waals surface area contributed by atoms with E-state index >= 15 is 0 Å². The molecule has 0 radical (unpaired) electrons. The predicted octanol–water partition coefficient (Wildman–Crippen LogP) is 3.53. The highest BCUT2D eigenvalue weighted by Gasteiger charge is 2.47. The number of aryl methyl sites for hydroxylation is 1. The van der Waals surface area contributed by atoms with Gasteiger partial charge in [0.05, 0.1) is 10.6 Å². The summed E-state index contributed by atoms with van der Waals surface area (Å²) in [4.78, 5) is 26.1. The number of nitrogens with zero attached hydrogens (tertiary/aromatic N) is 1. The first-order valence-corrected chi connectivity index (χ1v) is 11.8. The van der Waals surface area contributed by atoms with Gasteiger partial charge in [0.1, 0.15) is 17.1 Å². The van der Waals surface area contributed by atoms with Crippen molar-refractivity contribution in [2.75, 3.05) is 12.3 Å². The van der Waals surface area contributed by atoms with Crippen molar-refractivity contribution in [1.29, 1.82) is 0 Å². The molecule has 1 atom stereocenters. The van der Waals surface area contributed by atoms with Crippen LogP contribution in [0.3, 0.4) is 0 Å². The summed E-state index contributed by atoms with van der Waals surface area (Å²) in [5.41, 5.74) is -0.408. The summed E-state index contributed by atoms with van der Waals surface area (Å²) >= 11 is 0. The van der Waals surface area contributed by atoms with Crippen LogP contribution in [0.15, 0.2) is 53.4 Å². The first-order valence-electron chi connectivity index (χ1n) is 10.2. The maximum Gasteiger partial charge on any atom is 0.387 e.